The molecule has 3 nitrogen and oxygen atoms in total. The number of rotatable bonds is 6. The summed E-state index contributed by atoms with van der Waals surface area (Å²) in [5, 5.41) is 3.41. The summed E-state index contributed by atoms with van der Waals surface area (Å²) in [5.41, 5.74) is -0.788. The molecule has 0 aromatic carbocycles. The summed E-state index contributed by atoms with van der Waals surface area (Å²) < 4.78 is 31.4. The molecule has 1 N–H and O–H groups in total. The third-order valence-electron chi connectivity index (χ3n) is 5.47. The predicted molar refractivity (Wildman–Crippen MR) is 78.7 cm³/mol. The van der Waals surface area contributed by atoms with Crippen LogP contribution in [-0.2, 0) is 4.74 Å². The number of nitrogens with zero attached hydrogens (tertiary/aromatic N) is 1. The van der Waals surface area contributed by atoms with Crippen molar-refractivity contribution in [3.8, 4) is 0 Å². The Kier molecular flexibility index (Phi) is 5.12. The summed E-state index contributed by atoms with van der Waals surface area (Å²) >= 11 is 0. The predicted octanol–water partition coefficient (Wildman–Crippen LogP) is 2.51. The van der Waals surface area contributed by atoms with Gasteiger partial charge in [-0.1, -0.05) is 0 Å². The van der Waals surface area contributed by atoms with Gasteiger partial charge in [-0.05, 0) is 64.1 Å². The molecule has 0 unspecified atom stereocenters. The number of hydrogen-bond acceptors (Lipinski definition) is 3. The van der Waals surface area contributed by atoms with E-state index in [-0.39, 0.29) is 6.61 Å². The van der Waals surface area contributed by atoms with Crippen molar-refractivity contribution in [3.63, 3.8) is 0 Å². The van der Waals surface area contributed by atoms with Gasteiger partial charge in [0.25, 0.3) is 0 Å². The summed E-state index contributed by atoms with van der Waals surface area (Å²) in [4.78, 5) is 2.61. The number of hydrogen-bond donors (Lipinski definition) is 1. The number of halogens is 2. The van der Waals surface area contributed by atoms with Gasteiger partial charge >= 0.3 is 0 Å². The molecule has 1 aliphatic carbocycles. The van der Waals surface area contributed by atoms with Crippen LogP contribution in [0.15, 0.2) is 0 Å². The van der Waals surface area contributed by atoms with E-state index in [1.807, 2.05) is 0 Å². The fourth-order valence-electron chi connectivity index (χ4n) is 3.75. The molecule has 2 aliphatic heterocycles. The molecule has 2 saturated heterocycles. The van der Waals surface area contributed by atoms with E-state index in [1.54, 1.807) is 0 Å². The monoisotopic (exact) mass is 302 g/mol. The Morgan fingerprint density at radius 3 is 2.62 bits per heavy atom. The van der Waals surface area contributed by atoms with Crippen LogP contribution >= 0.6 is 0 Å². The molecular weight excluding hydrogens is 274 g/mol. The molecule has 0 radical (unpaired) electrons. The number of piperidine rings is 2. The first-order valence-corrected chi connectivity index (χ1v) is 8.50. The molecule has 3 fully saturated rings. The molecule has 0 bridgehead atoms. The van der Waals surface area contributed by atoms with E-state index in [0.717, 1.165) is 19.6 Å². The van der Waals surface area contributed by atoms with Crippen LogP contribution in [0.4, 0.5) is 8.78 Å². The Balaban J connectivity index is 1.39. The van der Waals surface area contributed by atoms with Crippen LogP contribution < -0.4 is 5.32 Å². The van der Waals surface area contributed by atoms with Gasteiger partial charge in [0.1, 0.15) is 0 Å². The molecule has 1 atom stereocenters. The second-order valence-corrected chi connectivity index (χ2v) is 7.16. The van der Waals surface area contributed by atoms with Crippen molar-refractivity contribution < 1.29 is 13.5 Å². The smallest absolute Gasteiger partial charge is 0.246 e. The van der Waals surface area contributed by atoms with Crippen molar-refractivity contribution in [1.82, 2.24) is 10.2 Å². The molecule has 0 aromatic rings. The van der Waals surface area contributed by atoms with Gasteiger partial charge in [-0.3, -0.25) is 4.90 Å². The quantitative estimate of drug-likeness (QED) is 0.816. The molecule has 3 aliphatic rings. The fraction of sp³-hybridized carbons (Fsp3) is 1.00. The molecular formula is C16H28F2N2O. The first-order valence-electron chi connectivity index (χ1n) is 8.50. The highest BCUT2D eigenvalue weighted by atomic mass is 19.3. The molecule has 0 spiro atoms. The van der Waals surface area contributed by atoms with E-state index in [4.69, 9.17) is 4.74 Å². The minimum Gasteiger partial charge on any atom is -0.380 e. The Hall–Kier alpha value is -0.260. The van der Waals surface area contributed by atoms with E-state index < -0.39 is 11.8 Å². The lowest BCUT2D eigenvalue weighted by Gasteiger charge is -2.40. The van der Waals surface area contributed by atoms with Crippen LogP contribution in [0, 0.1) is 11.3 Å². The average molecular weight is 302 g/mol. The van der Waals surface area contributed by atoms with Crippen molar-refractivity contribution in [2.24, 2.45) is 11.3 Å². The van der Waals surface area contributed by atoms with Crippen molar-refractivity contribution in [1.29, 1.82) is 0 Å². The Bertz CT molecular complexity index is 330. The minimum absolute atomic E-state index is 0.258. The van der Waals surface area contributed by atoms with Crippen LogP contribution in [0.25, 0.3) is 0 Å². The Morgan fingerprint density at radius 1 is 1.19 bits per heavy atom. The van der Waals surface area contributed by atoms with Gasteiger partial charge in [-0.2, -0.15) is 0 Å². The number of alkyl halides is 2. The summed E-state index contributed by atoms with van der Waals surface area (Å²) in [6, 6.07) is 0.713. The average Bonchev–Trinajstić information content (AvgIpc) is 3.30. The normalized spacial score (nSPS) is 30.7. The maximum Gasteiger partial charge on any atom is 0.246 e. The number of ether oxygens (including phenoxy) is 1. The maximum atomic E-state index is 12.9. The van der Waals surface area contributed by atoms with Gasteiger partial charge in [0.2, 0.25) is 6.43 Å². The van der Waals surface area contributed by atoms with Crippen molar-refractivity contribution >= 4 is 0 Å². The molecule has 0 amide bonds. The van der Waals surface area contributed by atoms with Crippen LogP contribution in [0.5, 0.6) is 0 Å². The van der Waals surface area contributed by atoms with Crippen molar-refractivity contribution in [3.05, 3.63) is 0 Å². The van der Waals surface area contributed by atoms with Crippen LogP contribution in [0.3, 0.4) is 0 Å². The Labute approximate surface area is 126 Å². The second-order valence-electron chi connectivity index (χ2n) is 7.16. The van der Waals surface area contributed by atoms with Gasteiger partial charge < -0.3 is 10.1 Å². The zero-order valence-electron chi connectivity index (χ0n) is 12.8. The number of nitrogens with one attached hydrogen (secondary N) is 1. The van der Waals surface area contributed by atoms with Gasteiger partial charge in [0.05, 0.1) is 18.6 Å². The van der Waals surface area contributed by atoms with Crippen LogP contribution in [0.2, 0.25) is 0 Å². The lowest BCUT2D eigenvalue weighted by atomic mass is 9.95. The SMILES string of the molecule is FC(F)C1(COC[C@@H]2CCCN(C3CCNCC3)C2)CC1. The van der Waals surface area contributed by atoms with Crippen molar-refractivity contribution in [2.45, 2.75) is 51.0 Å². The molecule has 2 heterocycles. The fourth-order valence-corrected chi connectivity index (χ4v) is 3.75. The van der Waals surface area contributed by atoms with Gasteiger partial charge in [-0.15, -0.1) is 0 Å². The van der Waals surface area contributed by atoms with Gasteiger partial charge in [0.15, 0.2) is 0 Å². The van der Waals surface area contributed by atoms with E-state index >= 15 is 0 Å². The molecule has 1 saturated carbocycles. The second kappa shape index (κ2) is 6.88. The summed E-state index contributed by atoms with van der Waals surface area (Å²) in [5.74, 6) is 0.530. The summed E-state index contributed by atoms with van der Waals surface area (Å²) in [6.45, 7) is 5.46. The molecule has 3 rings (SSSR count). The van der Waals surface area contributed by atoms with E-state index in [1.165, 1.54) is 32.2 Å². The first-order chi connectivity index (χ1) is 10.2. The number of likely N-dealkylation sites (tertiary alicyclic amines) is 1. The lowest BCUT2D eigenvalue weighted by Crippen LogP contribution is -2.48. The topological polar surface area (TPSA) is 24.5 Å². The third kappa shape index (κ3) is 3.93. The van der Waals surface area contributed by atoms with Crippen molar-refractivity contribution in [2.75, 3.05) is 39.4 Å². The highest BCUT2D eigenvalue weighted by Crippen LogP contribution is 2.50. The highest BCUT2D eigenvalue weighted by molar-refractivity contribution is 4.95. The summed E-state index contributed by atoms with van der Waals surface area (Å²) in [6.07, 6.45) is 3.94. The zero-order chi connectivity index (χ0) is 14.7. The van der Waals surface area contributed by atoms with E-state index in [9.17, 15) is 8.78 Å². The molecule has 5 heteroatoms. The van der Waals surface area contributed by atoms with Gasteiger partial charge in [-0.25, -0.2) is 8.78 Å². The molecule has 21 heavy (non-hydrogen) atoms. The van der Waals surface area contributed by atoms with Gasteiger partial charge in [0, 0.05) is 12.6 Å². The standard InChI is InChI=1S/C16H28F2N2O/c17-15(18)16(5-6-16)12-21-11-13-2-1-9-20(10-13)14-3-7-19-8-4-14/h13-15,19H,1-12H2/t13-/m1/s1. The Morgan fingerprint density at radius 2 is 1.95 bits per heavy atom. The third-order valence-corrected chi connectivity index (χ3v) is 5.47. The molecule has 122 valence electrons. The van der Waals surface area contributed by atoms with Crippen LogP contribution in [0.1, 0.15) is 38.5 Å². The highest BCUT2D eigenvalue weighted by Gasteiger charge is 2.51. The first kappa shape index (κ1) is 15.6. The summed E-state index contributed by atoms with van der Waals surface area (Å²) in [7, 11) is 0. The largest absolute Gasteiger partial charge is 0.380 e. The van der Waals surface area contributed by atoms with Crippen LogP contribution in [-0.4, -0.2) is 56.8 Å². The maximum absolute atomic E-state index is 12.9. The minimum atomic E-state index is -2.21. The van der Waals surface area contributed by atoms with E-state index in [0.29, 0.717) is 31.4 Å². The molecule has 0 aromatic heterocycles. The zero-order valence-corrected chi connectivity index (χ0v) is 12.8. The van der Waals surface area contributed by atoms with E-state index in [2.05, 4.69) is 10.2 Å². The lowest BCUT2D eigenvalue weighted by molar-refractivity contribution is -0.0258.